The molecule has 0 unspecified atom stereocenters. The topological polar surface area (TPSA) is 45.5 Å². The molecular formula is C19H30N2O3. The molecular weight excluding hydrogens is 304 g/mol. The zero-order valence-corrected chi connectivity index (χ0v) is 15.4. The van der Waals surface area contributed by atoms with Gasteiger partial charge in [0.25, 0.3) is 0 Å². The van der Waals surface area contributed by atoms with Gasteiger partial charge in [-0.2, -0.15) is 5.10 Å². The Bertz CT molecular complexity index is 616. The number of ether oxygens (including phenoxy) is 3. The SMILES string of the molecule is COc1c2c(nn1C)[C@@H]1CCCCC3(OCCO3)C(C)(C)[C@@H]1CC2. The highest BCUT2D eigenvalue weighted by atomic mass is 16.7. The number of rotatable bonds is 1. The maximum Gasteiger partial charge on any atom is 0.214 e. The second-order valence-electron chi connectivity index (χ2n) is 8.17. The van der Waals surface area contributed by atoms with E-state index in [2.05, 4.69) is 13.8 Å². The minimum absolute atomic E-state index is 0.0168. The van der Waals surface area contributed by atoms with Crippen LogP contribution in [-0.2, 0) is 22.9 Å². The van der Waals surface area contributed by atoms with Crippen molar-refractivity contribution in [3.63, 3.8) is 0 Å². The predicted molar refractivity (Wildman–Crippen MR) is 91.2 cm³/mol. The average Bonchev–Trinajstić information content (AvgIpc) is 3.15. The average molecular weight is 334 g/mol. The molecule has 0 radical (unpaired) electrons. The van der Waals surface area contributed by atoms with Crippen molar-refractivity contribution in [2.75, 3.05) is 20.3 Å². The van der Waals surface area contributed by atoms with E-state index in [-0.39, 0.29) is 5.41 Å². The van der Waals surface area contributed by atoms with Gasteiger partial charge in [0.05, 0.1) is 26.0 Å². The van der Waals surface area contributed by atoms with E-state index in [1.54, 1.807) is 7.11 Å². The molecule has 1 aromatic rings. The zero-order chi connectivity index (χ0) is 16.9. The fourth-order valence-corrected chi connectivity index (χ4v) is 5.55. The van der Waals surface area contributed by atoms with Gasteiger partial charge in [-0.15, -0.1) is 0 Å². The smallest absolute Gasteiger partial charge is 0.214 e. The van der Waals surface area contributed by atoms with E-state index in [4.69, 9.17) is 19.3 Å². The number of fused-ring (bicyclic) bond motifs is 3. The normalized spacial score (nSPS) is 31.2. The molecule has 2 atom stereocenters. The van der Waals surface area contributed by atoms with Crippen LogP contribution in [-0.4, -0.2) is 35.9 Å². The van der Waals surface area contributed by atoms with Crippen molar-refractivity contribution in [1.29, 1.82) is 0 Å². The Morgan fingerprint density at radius 3 is 2.62 bits per heavy atom. The van der Waals surface area contributed by atoms with Crippen LogP contribution >= 0.6 is 0 Å². The van der Waals surface area contributed by atoms with Crippen LogP contribution in [0.3, 0.4) is 0 Å². The lowest BCUT2D eigenvalue weighted by Gasteiger charge is -2.52. The molecule has 3 aliphatic rings. The summed E-state index contributed by atoms with van der Waals surface area (Å²) in [4.78, 5) is 0. The van der Waals surface area contributed by atoms with Crippen LogP contribution in [0.25, 0.3) is 0 Å². The first kappa shape index (κ1) is 16.4. The van der Waals surface area contributed by atoms with Crippen LogP contribution in [0.4, 0.5) is 0 Å². The molecule has 1 aromatic heterocycles. The highest BCUT2D eigenvalue weighted by Crippen LogP contribution is 2.57. The lowest BCUT2D eigenvalue weighted by Crippen LogP contribution is -2.53. The number of aromatic nitrogens is 2. The molecule has 1 spiro atoms. The molecule has 2 fully saturated rings. The van der Waals surface area contributed by atoms with E-state index < -0.39 is 5.79 Å². The second kappa shape index (κ2) is 5.73. The monoisotopic (exact) mass is 334 g/mol. The summed E-state index contributed by atoms with van der Waals surface area (Å²) in [5.74, 6) is 1.53. The summed E-state index contributed by atoms with van der Waals surface area (Å²) in [6, 6.07) is 0. The van der Waals surface area contributed by atoms with Crippen molar-refractivity contribution < 1.29 is 14.2 Å². The molecule has 0 N–H and O–H groups in total. The van der Waals surface area contributed by atoms with Gasteiger partial charge in [-0.1, -0.05) is 20.3 Å². The summed E-state index contributed by atoms with van der Waals surface area (Å²) in [7, 11) is 3.74. The highest BCUT2D eigenvalue weighted by molar-refractivity contribution is 5.37. The maximum atomic E-state index is 6.25. The van der Waals surface area contributed by atoms with E-state index in [0.29, 0.717) is 11.8 Å². The van der Waals surface area contributed by atoms with Crippen LogP contribution in [0.15, 0.2) is 0 Å². The lowest BCUT2D eigenvalue weighted by atomic mass is 9.58. The third kappa shape index (κ3) is 2.17. The zero-order valence-electron chi connectivity index (χ0n) is 15.4. The number of nitrogens with zero attached hydrogens (tertiary/aromatic N) is 2. The van der Waals surface area contributed by atoms with E-state index in [0.717, 1.165) is 44.8 Å². The summed E-state index contributed by atoms with van der Waals surface area (Å²) in [5, 5.41) is 4.87. The molecule has 1 saturated carbocycles. The van der Waals surface area contributed by atoms with Gasteiger partial charge in [0.1, 0.15) is 0 Å². The van der Waals surface area contributed by atoms with Crippen LogP contribution < -0.4 is 4.74 Å². The Labute approximate surface area is 144 Å². The van der Waals surface area contributed by atoms with Gasteiger partial charge in [0.15, 0.2) is 5.79 Å². The fourth-order valence-electron chi connectivity index (χ4n) is 5.55. The van der Waals surface area contributed by atoms with Crippen LogP contribution in [0.1, 0.15) is 63.1 Å². The van der Waals surface area contributed by atoms with Gasteiger partial charge >= 0.3 is 0 Å². The Morgan fingerprint density at radius 2 is 1.92 bits per heavy atom. The molecule has 0 aromatic carbocycles. The summed E-state index contributed by atoms with van der Waals surface area (Å²) >= 11 is 0. The molecule has 134 valence electrons. The molecule has 5 nitrogen and oxygen atoms in total. The Balaban J connectivity index is 1.76. The van der Waals surface area contributed by atoms with Crippen LogP contribution in [0.5, 0.6) is 5.88 Å². The quantitative estimate of drug-likeness (QED) is 0.789. The third-order valence-corrected chi connectivity index (χ3v) is 6.79. The van der Waals surface area contributed by atoms with Crippen molar-refractivity contribution in [2.45, 2.75) is 64.1 Å². The van der Waals surface area contributed by atoms with E-state index >= 15 is 0 Å². The minimum Gasteiger partial charge on any atom is -0.481 e. The molecule has 4 rings (SSSR count). The molecule has 1 saturated heterocycles. The molecule has 24 heavy (non-hydrogen) atoms. The molecule has 0 amide bonds. The summed E-state index contributed by atoms with van der Waals surface area (Å²) in [5.41, 5.74) is 2.56. The first-order valence-corrected chi connectivity index (χ1v) is 9.38. The van der Waals surface area contributed by atoms with Crippen molar-refractivity contribution >= 4 is 0 Å². The molecule has 2 aliphatic carbocycles. The van der Waals surface area contributed by atoms with Crippen LogP contribution in [0, 0.1) is 11.3 Å². The van der Waals surface area contributed by atoms with Crippen molar-refractivity contribution in [3.8, 4) is 5.88 Å². The first-order valence-electron chi connectivity index (χ1n) is 9.38. The number of hydrogen-bond acceptors (Lipinski definition) is 4. The number of aryl methyl sites for hydroxylation is 1. The number of methoxy groups -OCH3 is 1. The van der Waals surface area contributed by atoms with Gasteiger partial charge in [-0.25, -0.2) is 4.68 Å². The molecule has 1 aliphatic heterocycles. The Hall–Kier alpha value is -1.07. The lowest BCUT2D eigenvalue weighted by molar-refractivity contribution is -0.254. The molecule has 2 heterocycles. The fraction of sp³-hybridized carbons (Fsp3) is 0.842. The van der Waals surface area contributed by atoms with Gasteiger partial charge in [-0.05, 0) is 31.6 Å². The third-order valence-electron chi connectivity index (χ3n) is 6.79. The van der Waals surface area contributed by atoms with E-state index in [1.165, 1.54) is 24.1 Å². The first-order chi connectivity index (χ1) is 11.5. The van der Waals surface area contributed by atoms with Crippen molar-refractivity contribution in [2.24, 2.45) is 18.4 Å². The highest BCUT2D eigenvalue weighted by Gasteiger charge is 2.57. The minimum atomic E-state index is -0.410. The number of hydrogen-bond donors (Lipinski definition) is 0. The maximum absolute atomic E-state index is 6.25. The van der Waals surface area contributed by atoms with Gasteiger partial charge in [0, 0.05) is 30.4 Å². The Morgan fingerprint density at radius 1 is 1.17 bits per heavy atom. The van der Waals surface area contributed by atoms with Gasteiger partial charge in [0.2, 0.25) is 5.88 Å². The predicted octanol–water partition coefficient (Wildman–Crippen LogP) is 3.42. The Kier molecular flexibility index (Phi) is 3.92. The summed E-state index contributed by atoms with van der Waals surface area (Å²) in [6.45, 7) is 6.16. The van der Waals surface area contributed by atoms with Crippen LogP contribution in [0.2, 0.25) is 0 Å². The second-order valence-corrected chi connectivity index (χ2v) is 8.17. The van der Waals surface area contributed by atoms with Crippen molar-refractivity contribution in [1.82, 2.24) is 9.78 Å². The van der Waals surface area contributed by atoms with Gasteiger partial charge < -0.3 is 14.2 Å². The van der Waals surface area contributed by atoms with Crippen molar-refractivity contribution in [3.05, 3.63) is 11.3 Å². The largest absolute Gasteiger partial charge is 0.481 e. The molecule has 0 bridgehead atoms. The van der Waals surface area contributed by atoms with E-state index in [1.807, 2.05) is 11.7 Å². The van der Waals surface area contributed by atoms with Gasteiger partial charge in [-0.3, -0.25) is 0 Å². The standard InChI is InChI=1S/C19H30N2O3/c1-18(2)15-9-8-14-16(20-21(3)17(14)22-4)13(15)7-5-6-10-19(18)23-11-12-24-19/h13,15H,5-12H2,1-4H3/t13-,15-/m1/s1. The summed E-state index contributed by atoms with van der Waals surface area (Å²) < 4.78 is 20.0. The van der Waals surface area contributed by atoms with E-state index in [9.17, 15) is 0 Å². The molecule has 5 heteroatoms. The summed E-state index contributed by atoms with van der Waals surface area (Å²) in [6.07, 6.45) is 6.78.